The van der Waals surface area contributed by atoms with Crippen LogP contribution in [0.5, 0.6) is 0 Å². The van der Waals surface area contributed by atoms with Crippen molar-refractivity contribution >= 4 is 17.5 Å². The second-order valence-corrected chi connectivity index (χ2v) is 5.14. The maximum Gasteiger partial charge on any atom is 0.433 e. The van der Waals surface area contributed by atoms with E-state index >= 15 is 0 Å². The zero-order valence-corrected chi connectivity index (χ0v) is 12.9. The molecule has 1 atom stereocenters. The molecular formula is C15H15F5N4. The van der Waals surface area contributed by atoms with Gasteiger partial charge in [-0.2, -0.15) is 18.2 Å². The smallest absolute Gasteiger partial charge is 0.352 e. The third kappa shape index (κ3) is 4.30. The normalized spacial score (nSPS) is 12.8. The Morgan fingerprint density at radius 3 is 2.29 bits per heavy atom. The molecule has 4 nitrogen and oxygen atoms in total. The molecular weight excluding hydrogens is 331 g/mol. The predicted octanol–water partition coefficient (Wildman–Crippen LogP) is 4.73. The van der Waals surface area contributed by atoms with Crippen molar-refractivity contribution in [3.8, 4) is 0 Å². The molecule has 2 rings (SSSR count). The van der Waals surface area contributed by atoms with E-state index in [1.807, 2.05) is 6.92 Å². The van der Waals surface area contributed by atoms with Crippen LogP contribution in [0.1, 0.15) is 26.0 Å². The number of halogens is 5. The molecule has 0 fully saturated rings. The average Bonchev–Trinajstić information content (AvgIpc) is 2.50. The van der Waals surface area contributed by atoms with Crippen molar-refractivity contribution in [1.82, 2.24) is 9.97 Å². The molecule has 0 spiro atoms. The molecule has 1 aromatic carbocycles. The van der Waals surface area contributed by atoms with Gasteiger partial charge in [0.25, 0.3) is 0 Å². The number of anilines is 3. The third-order valence-corrected chi connectivity index (χ3v) is 3.22. The highest BCUT2D eigenvalue weighted by molar-refractivity contribution is 5.59. The molecule has 24 heavy (non-hydrogen) atoms. The summed E-state index contributed by atoms with van der Waals surface area (Å²) in [7, 11) is 0. The summed E-state index contributed by atoms with van der Waals surface area (Å²) < 4.78 is 66.2. The number of hydrogen-bond donors (Lipinski definition) is 2. The average molecular weight is 346 g/mol. The fourth-order valence-corrected chi connectivity index (χ4v) is 1.79. The fraction of sp³-hybridized carbons (Fsp3) is 0.333. The summed E-state index contributed by atoms with van der Waals surface area (Å²) in [4.78, 5) is 7.25. The van der Waals surface area contributed by atoms with Crippen molar-refractivity contribution < 1.29 is 22.0 Å². The highest BCUT2D eigenvalue weighted by atomic mass is 19.4. The molecule has 0 aliphatic rings. The van der Waals surface area contributed by atoms with Gasteiger partial charge in [0.2, 0.25) is 5.95 Å². The summed E-state index contributed by atoms with van der Waals surface area (Å²) in [6, 6.07) is 3.53. The van der Waals surface area contributed by atoms with Crippen LogP contribution in [-0.2, 0) is 6.18 Å². The lowest BCUT2D eigenvalue weighted by molar-refractivity contribution is -0.141. The molecule has 0 aliphatic heterocycles. The zero-order valence-electron chi connectivity index (χ0n) is 12.9. The SMILES string of the molecule is CC[C@H](C)Nc1nc(Nc2c(F)cccc2F)cc(C(F)(F)F)n1. The van der Waals surface area contributed by atoms with Crippen molar-refractivity contribution in [1.29, 1.82) is 0 Å². The van der Waals surface area contributed by atoms with Gasteiger partial charge in [-0.25, -0.2) is 13.8 Å². The number of rotatable bonds is 5. The van der Waals surface area contributed by atoms with Crippen LogP contribution < -0.4 is 10.6 Å². The highest BCUT2D eigenvalue weighted by Gasteiger charge is 2.34. The van der Waals surface area contributed by atoms with Crippen LogP contribution >= 0.6 is 0 Å². The quantitative estimate of drug-likeness (QED) is 0.769. The largest absolute Gasteiger partial charge is 0.433 e. The van der Waals surface area contributed by atoms with Crippen LogP contribution in [-0.4, -0.2) is 16.0 Å². The van der Waals surface area contributed by atoms with Crippen LogP contribution in [0.3, 0.4) is 0 Å². The summed E-state index contributed by atoms with van der Waals surface area (Å²) in [5, 5.41) is 4.95. The van der Waals surface area contributed by atoms with Crippen molar-refractivity contribution in [3.05, 3.63) is 41.6 Å². The predicted molar refractivity (Wildman–Crippen MR) is 80.1 cm³/mol. The minimum absolute atomic E-state index is 0.175. The van der Waals surface area contributed by atoms with Crippen LogP contribution in [0.2, 0.25) is 0 Å². The lowest BCUT2D eigenvalue weighted by Gasteiger charge is -2.15. The first-order valence-electron chi connectivity index (χ1n) is 7.14. The van der Waals surface area contributed by atoms with E-state index in [0.29, 0.717) is 12.5 Å². The first-order valence-corrected chi connectivity index (χ1v) is 7.14. The van der Waals surface area contributed by atoms with E-state index in [9.17, 15) is 22.0 Å². The fourth-order valence-electron chi connectivity index (χ4n) is 1.79. The standard InChI is InChI=1S/C15H15F5N4/c1-3-8(2)21-14-22-11(15(18,19)20)7-12(24-14)23-13-9(16)5-4-6-10(13)17/h4-8H,3H2,1-2H3,(H2,21,22,23,24)/t8-/m0/s1. The molecule has 9 heteroatoms. The van der Waals surface area contributed by atoms with Gasteiger partial charge >= 0.3 is 6.18 Å². The number of hydrogen-bond acceptors (Lipinski definition) is 4. The molecule has 0 saturated heterocycles. The Labute approximate surface area is 135 Å². The number of aromatic nitrogens is 2. The van der Waals surface area contributed by atoms with Crippen LogP contribution in [0.15, 0.2) is 24.3 Å². The van der Waals surface area contributed by atoms with Gasteiger partial charge in [-0.15, -0.1) is 0 Å². The molecule has 0 amide bonds. The molecule has 0 aliphatic carbocycles. The van der Waals surface area contributed by atoms with Crippen LogP contribution in [0, 0.1) is 11.6 Å². The van der Waals surface area contributed by atoms with E-state index in [0.717, 1.165) is 18.2 Å². The monoisotopic (exact) mass is 346 g/mol. The van der Waals surface area contributed by atoms with Gasteiger partial charge in [0.05, 0.1) is 0 Å². The third-order valence-electron chi connectivity index (χ3n) is 3.22. The molecule has 0 saturated carbocycles. The first-order chi connectivity index (χ1) is 11.2. The molecule has 0 unspecified atom stereocenters. The van der Waals surface area contributed by atoms with Crippen molar-refractivity contribution in [2.75, 3.05) is 10.6 Å². The minimum atomic E-state index is -4.72. The van der Waals surface area contributed by atoms with Gasteiger partial charge in [-0.3, -0.25) is 0 Å². The Bertz CT molecular complexity index is 697. The Kier molecular flexibility index (Phi) is 5.20. The highest BCUT2D eigenvalue weighted by Crippen LogP contribution is 2.31. The van der Waals surface area contributed by atoms with Gasteiger partial charge in [0.1, 0.15) is 23.1 Å². The summed E-state index contributed by atoms with van der Waals surface area (Å²) in [5.74, 6) is -2.54. The van der Waals surface area contributed by atoms with Crippen LogP contribution in [0.25, 0.3) is 0 Å². The molecule has 1 aromatic heterocycles. The van der Waals surface area contributed by atoms with Crippen molar-refractivity contribution in [2.24, 2.45) is 0 Å². The van der Waals surface area contributed by atoms with E-state index in [1.54, 1.807) is 6.92 Å². The van der Waals surface area contributed by atoms with Gasteiger partial charge in [0, 0.05) is 12.1 Å². The lowest BCUT2D eigenvalue weighted by Crippen LogP contribution is -2.19. The number of alkyl halides is 3. The van der Waals surface area contributed by atoms with E-state index in [4.69, 9.17) is 0 Å². The Morgan fingerprint density at radius 2 is 1.75 bits per heavy atom. The van der Waals surface area contributed by atoms with Crippen molar-refractivity contribution in [3.63, 3.8) is 0 Å². The van der Waals surface area contributed by atoms with Crippen molar-refractivity contribution in [2.45, 2.75) is 32.5 Å². The molecule has 0 bridgehead atoms. The lowest BCUT2D eigenvalue weighted by atomic mass is 10.2. The Hall–Kier alpha value is -2.45. The van der Waals surface area contributed by atoms with E-state index in [1.165, 1.54) is 0 Å². The maximum absolute atomic E-state index is 13.7. The molecule has 2 N–H and O–H groups in total. The number of benzene rings is 1. The van der Waals surface area contributed by atoms with E-state index in [-0.39, 0.29) is 17.8 Å². The second kappa shape index (κ2) is 6.98. The molecule has 2 aromatic rings. The first kappa shape index (κ1) is 17.9. The summed E-state index contributed by atoms with van der Waals surface area (Å²) in [6.45, 7) is 3.58. The summed E-state index contributed by atoms with van der Waals surface area (Å²) >= 11 is 0. The number of nitrogens with one attached hydrogen (secondary N) is 2. The Morgan fingerprint density at radius 1 is 1.12 bits per heavy atom. The maximum atomic E-state index is 13.7. The van der Waals surface area contributed by atoms with E-state index in [2.05, 4.69) is 20.6 Å². The summed E-state index contributed by atoms with van der Waals surface area (Å²) in [6.07, 6.45) is -4.09. The topological polar surface area (TPSA) is 49.8 Å². The van der Waals surface area contributed by atoms with Gasteiger partial charge in [-0.05, 0) is 25.5 Å². The van der Waals surface area contributed by atoms with E-state index < -0.39 is 29.2 Å². The second-order valence-electron chi connectivity index (χ2n) is 5.14. The number of para-hydroxylation sites is 1. The zero-order chi connectivity index (χ0) is 17.9. The molecule has 0 radical (unpaired) electrons. The van der Waals surface area contributed by atoms with Gasteiger partial charge in [0.15, 0.2) is 5.69 Å². The summed E-state index contributed by atoms with van der Waals surface area (Å²) in [5.41, 5.74) is -1.80. The van der Waals surface area contributed by atoms with Gasteiger partial charge < -0.3 is 10.6 Å². The molecule has 1 heterocycles. The number of nitrogens with zero attached hydrogens (tertiary/aromatic N) is 2. The van der Waals surface area contributed by atoms with Gasteiger partial charge in [-0.1, -0.05) is 13.0 Å². The van der Waals surface area contributed by atoms with Crippen LogP contribution in [0.4, 0.5) is 39.4 Å². The Balaban J connectivity index is 2.43. The molecule has 130 valence electrons. The minimum Gasteiger partial charge on any atom is -0.352 e.